The van der Waals surface area contributed by atoms with Crippen molar-refractivity contribution in [2.24, 2.45) is 11.1 Å². The summed E-state index contributed by atoms with van der Waals surface area (Å²) in [6.45, 7) is -0.457. The summed E-state index contributed by atoms with van der Waals surface area (Å²) in [4.78, 5) is 56.8. The number of nitrogens with zero attached hydrogens (tertiary/aromatic N) is 1. The molecule has 0 radical (unpaired) electrons. The van der Waals surface area contributed by atoms with Crippen LogP contribution in [0.5, 0.6) is 5.75 Å². The quantitative estimate of drug-likeness (QED) is 0.242. The van der Waals surface area contributed by atoms with E-state index in [4.69, 9.17) is 33.1 Å². The van der Waals surface area contributed by atoms with Gasteiger partial charge in [0.1, 0.15) is 11.0 Å². The van der Waals surface area contributed by atoms with E-state index in [-0.39, 0.29) is 15.5 Å². The summed E-state index contributed by atoms with van der Waals surface area (Å²) in [7, 11) is -3.89. The zero-order valence-electron chi connectivity index (χ0n) is 22.2. The molecule has 3 atom stereocenters. The van der Waals surface area contributed by atoms with Crippen molar-refractivity contribution >= 4 is 85.4 Å². The lowest BCUT2D eigenvalue weighted by Crippen LogP contribution is -2.32. The third-order valence-electron chi connectivity index (χ3n) is 7.04. The van der Waals surface area contributed by atoms with Gasteiger partial charge in [0.05, 0.1) is 21.5 Å². The Hall–Kier alpha value is -3.66. The van der Waals surface area contributed by atoms with Gasteiger partial charge in [-0.1, -0.05) is 46.3 Å². The van der Waals surface area contributed by atoms with Crippen molar-refractivity contribution in [1.82, 2.24) is 4.98 Å². The molecule has 3 heterocycles. The number of hydrogen-bond donors (Lipinski definition) is 3. The number of rotatable bonds is 7. The zero-order valence-corrected chi connectivity index (χ0v) is 26.1. The molecule has 0 bridgehead atoms. The number of H-pyrrole nitrogens is 1. The Morgan fingerprint density at radius 1 is 0.977 bits per heavy atom. The molecule has 1 aromatic heterocycles. The number of halogens is 2. The third kappa shape index (κ3) is 5.76. The highest BCUT2D eigenvalue weighted by Gasteiger charge is 2.56. The van der Waals surface area contributed by atoms with E-state index >= 15 is 0 Å². The summed E-state index contributed by atoms with van der Waals surface area (Å²) in [6, 6.07) is 16.3. The van der Waals surface area contributed by atoms with E-state index in [1.54, 1.807) is 42.5 Å². The minimum absolute atomic E-state index is 0.109. The topological polar surface area (TPSA) is 169 Å². The van der Waals surface area contributed by atoms with Gasteiger partial charge in [-0.3, -0.25) is 19.2 Å². The van der Waals surface area contributed by atoms with Gasteiger partial charge < -0.3 is 15.0 Å². The monoisotopic (exact) mass is 690 g/mol. The fourth-order valence-corrected chi connectivity index (χ4v) is 8.49. The molecular formula is C28H20Cl2N4O7S3. The Morgan fingerprint density at radius 3 is 2.34 bits per heavy atom. The van der Waals surface area contributed by atoms with Crippen LogP contribution in [0.2, 0.25) is 10.0 Å². The van der Waals surface area contributed by atoms with E-state index in [2.05, 4.69) is 10.3 Å². The first-order chi connectivity index (χ1) is 20.9. The van der Waals surface area contributed by atoms with Crippen LogP contribution < -0.4 is 25.0 Å². The summed E-state index contributed by atoms with van der Waals surface area (Å²) < 4.78 is 28.9. The number of aromatic amines is 1. The van der Waals surface area contributed by atoms with E-state index in [0.717, 1.165) is 28.0 Å². The number of nitrogens with two attached hydrogens (primary N) is 1. The summed E-state index contributed by atoms with van der Waals surface area (Å²) >= 11 is 14.5. The number of nitrogens with one attached hydrogen (secondary N) is 2. The lowest BCUT2D eigenvalue weighted by Gasteiger charge is -2.31. The molecule has 4 N–H and O–H groups in total. The minimum Gasteiger partial charge on any atom is -0.483 e. The number of benzene rings is 3. The smallest absolute Gasteiger partial charge is 0.305 e. The lowest BCUT2D eigenvalue weighted by atomic mass is 9.82. The summed E-state index contributed by atoms with van der Waals surface area (Å²) in [5, 5.41) is 8.11. The van der Waals surface area contributed by atoms with Gasteiger partial charge in [-0.15, -0.1) is 0 Å². The predicted octanol–water partition coefficient (Wildman–Crippen LogP) is 4.20. The molecule has 11 nitrogen and oxygen atoms in total. The van der Waals surface area contributed by atoms with E-state index in [1.807, 2.05) is 0 Å². The van der Waals surface area contributed by atoms with Crippen LogP contribution in [0.15, 0.2) is 81.4 Å². The van der Waals surface area contributed by atoms with Gasteiger partial charge in [0, 0.05) is 32.1 Å². The highest BCUT2D eigenvalue weighted by atomic mass is 35.5. The van der Waals surface area contributed by atoms with Crippen LogP contribution in [-0.4, -0.2) is 43.0 Å². The number of thiazole rings is 1. The molecule has 16 heteroatoms. The Labute approximate surface area is 268 Å². The summed E-state index contributed by atoms with van der Waals surface area (Å²) in [5.74, 6) is -2.93. The number of aromatic nitrogens is 1. The maximum absolute atomic E-state index is 14.0. The number of thioether (sulfide) groups is 1. The molecule has 0 saturated carbocycles. The molecule has 2 aliphatic rings. The summed E-state index contributed by atoms with van der Waals surface area (Å²) in [5.41, 5.74) is 1.11. The first-order valence-corrected chi connectivity index (χ1v) is 16.8. The second-order valence-electron chi connectivity index (χ2n) is 9.83. The van der Waals surface area contributed by atoms with Crippen LogP contribution in [0, 0.1) is 5.92 Å². The van der Waals surface area contributed by atoms with Gasteiger partial charge in [0.15, 0.2) is 6.61 Å². The number of primary sulfonamides is 1. The predicted molar refractivity (Wildman–Crippen MR) is 167 cm³/mol. The summed E-state index contributed by atoms with van der Waals surface area (Å²) in [6.07, 6.45) is 0. The molecule has 1 saturated heterocycles. The van der Waals surface area contributed by atoms with Crippen molar-refractivity contribution in [2.75, 3.05) is 16.8 Å². The number of carbonyl (C=O) groups is 3. The van der Waals surface area contributed by atoms with Crippen LogP contribution in [0.4, 0.5) is 11.4 Å². The number of amides is 3. The van der Waals surface area contributed by atoms with E-state index < -0.39 is 51.4 Å². The molecule has 6 rings (SSSR count). The highest BCUT2D eigenvalue weighted by Crippen LogP contribution is 2.54. The van der Waals surface area contributed by atoms with Crippen molar-refractivity contribution in [3.8, 4) is 5.75 Å². The zero-order chi connectivity index (χ0) is 31.3. The van der Waals surface area contributed by atoms with Gasteiger partial charge in [0.25, 0.3) is 5.91 Å². The third-order valence-corrected chi connectivity index (χ3v) is 10.9. The Morgan fingerprint density at radius 2 is 1.66 bits per heavy atom. The first-order valence-electron chi connectivity index (χ1n) is 12.8. The molecule has 2 aliphatic heterocycles. The number of sulfonamides is 1. The van der Waals surface area contributed by atoms with Gasteiger partial charge in [-0.25, -0.2) is 18.5 Å². The fraction of sp³-hybridized carbons (Fsp3) is 0.143. The number of ether oxygens (including phenoxy) is 1. The fourth-order valence-electron chi connectivity index (χ4n) is 5.16. The maximum Gasteiger partial charge on any atom is 0.305 e. The first kappa shape index (κ1) is 30.4. The van der Waals surface area contributed by atoms with Crippen molar-refractivity contribution in [3.05, 3.63) is 96.9 Å². The molecule has 3 amide bonds. The molecule has 3 aromatic carbocycles. The van der Waals surface area contributed by atoms with Gasteiger partial charge in [-0.05, 0) is 66.7 Å². The molecule has 0 aliphatic carbocycles. The molecule has 226 valence electrons. The number of imide groups is 1. The van der Waals surface area contributed by atoms with Crippen molar-refractivity contribution in [3.63, 3.8) is 0 Å². The molecule has 44 heavy (non-hydrogen) atoms. The molecule has 1 fully saturated rings. The number of carbonyl (C=O) groups excluding carboxylic acids is 3. The standard InChI is InChI=1S/C28H20Cl2N4O7S3/c29-13-1-6-16(7-2-13)34-26(36)22-21(23-25(33-28(38)43-23)42-24(22)27(34)37)18-11-14(30)3-10-19(18)41-12-20(35)32-15-4-8-17(9-5-15)44(31,39)40/h1-11,21-22,24H,12H2,(H,32,35)(H,33,38)(H2,31,39,40). The van der Waals surface area contributed by atoms with E-state index in [9.17, 15) is 27.6 Å². The Kier molecular flexibility index (Phi) is 8.07. The molecule has 3 unspecified atom stereocenters. The molecular weight excluding hydrogens is 671 g/mol. The van der Waals surface area contributed by atoms with Crippen LogP contribution in [-0.2, 0) is 24.4 Å². The van der Waals surface area contributed by atoms with Crippen LogP contribution in [0.3, 0.4) is 0 Å². The number of hydrogen-bond acceptors (Lipinski definition) is 9. The lowest BCUT2D eigenvalue weighted by molar-refractivity contribution is -0.122. The highest BCUT2D eigenvalue weighted by molar-refractivity contribution is 8.00. The molecule has 4 aromatic rings. The van der Waals surface area contributed by atoms with E-state index in [1.165, 1.54) is 24.3 Å². The maximum atomic E-state index is 14.0. The minimum atomic E-state index is -3.89. The van der Waals surface area contributed by atoms with Gasteiger partial charge >= 0.3 is 4.87 Å². The Balaban J connectivity index is 1.32. The van der Waals surface area contributed by atoms with Crippen LogP contribution >= 0.6 is 46.3 Å². The van der Waals surface area contributed by atoms with Gasteiger partial charge in [-0.2, -0.15) is 0 Å². The van der Waals surface area contributed by atoms with Crippen LogP contribution in [0.25, 0.3) is 0 Å². The largest absolute Gasteiger partial charge is 0.483 e. The molecule has 0 spiro atoms. The van der Waals surface area contributed by atoms with Crippen molar-refractivity contribution < 1.29 is 27.5 Å². The average molecular weight is 692 g/mol. The van der Waals surface area contributed by atoms with Crippen molar-refractivity contribution in [2.45, 2.75) is 21.1 Å². The Bertz CT molecular complexity index is 1980. The van der Waals surface area contributed by atoms with Crippen LogP contribution in [0.1, 0.15) is 16.4 Å². The number of fused-ring (bicyclic) bond motifs is 2. The normalized spacial score (nSPS) is 19.4. The second-order valence-corrected chi connectivity index (χ2v) is 14.4. The second kappa shape index (κ2) is 11.7. The van der Waals surface area contributed by atoms with E-state index in [0.29, 0.717) is 36.9 Å². The SMILES string of the molecule is NS(=O)(=O)c1ccc(NC(=O)COc2ccc(Cl)cc2C2c3sc(=O)[nH]c3SC3C(=O)N(c4ccc(Cl)cc4)C(=O)C32)cc1. The van der Waals surface area contributed by atoms with Crippen molar-refractivity contribution in [1.29, 1.82) is 0 Å². The average Bonchev–Trinajstić information content (AvgIpc) is 3.46. The number of anilines is 2. The van der Waals surface area contributed by atoms with Gasteiger partial charge in [0.2, 0.25) is 21.8 Å².